The van der Waals surface area contributed by atoms with E-state index in [-0.39, 0.29) is 12.2 Å². The number of aryl methyl sites for hydroxylation is 1. The molecule has 2 aromatic rings. The molecule has 0 radical (unpaired) electrons. The topological polar surface area (TPSA) is 38.2 Å². The molecule has 1 aliphatic rings. The molecule has 0 unspecified atom stereocenters. The van der Waals surface area contributed by atoms with Crippen LogP contribution < -0.4 is 0 Å². The van der Waals surface area contributed by atoms with Gasteiger partial charge in [-0.2, -0.15) is 0 Å². The number of rotatable bonds is 4. The molecular weight excluding hydrogens is 286 g/mol. The van der Waals surface area contributed by atoms with Crippen molar-refractivity contribution >= 4 is 0 Å². The van der Waals surface area contributed by atoms with Crippen LogP contribution >= 0.6 is 0 Å². The van der Waals surface area contributed by atoms with Crippen LogP contribution in [0.15, 0.2) is 42.7 Å². The molecular formula is C19H25N3O. The van der Waals surface area contributed by atoms with E-state index in [2.05, 4.69) is 53.0 Å². The minimum Gasteiger partial charge on any atom is -0.367 e. The minimum atomic E-state index is 0.128. The first-order valence-electron chi connectivity index (χ1n) is 8.32. The van der Waals surface area contributed by atoms with Crippen molar-refractivity contribution in [1.82, 2.24) is 14.9 Å². The molecule has 4 nitrogen and oxygen atoms in total. The monoisotopic (exact) mass is 311 g/mol. The average Bonchev–Trinajstić information content (AvgIpc) is 2.57. The Labute approximate surface area is 138 Å². The molecule has 23 heavy (non-hydrogen) atoms. The first kappa shape index (κ1) is 16.1. The maximum Gasteiger partial charge on any atom is 0.125 e. The molecule has 1 aromatic heterocycles. The van der Waals surface area contributed by atoms with E-state index in [1.54, 1.807) is 0 Å². The van der Waals surface area contributed by atoms with Crippen LogP contribution in [-0.2, 0) is 11.3 Å². The Balaban J connectivity index is 1.75. The van der Waals surface area contributed by atoms with Crippen molar-refractivity contribution in [2.45, 2.75) is 39.5 Å². The van der Waals surface area contributed by atoms with Gasteiger partial charge in [0.05, 0.1) is 12.2 Å². The van der Waals surface area contributed by atoms with Crippen molar-refractivity contribution in [2.75, 3.05) is 13.1 Å². The van der Waals surface area contributed by atoms with Gasteiger partial charge < -0.3 is 4.74 Å². The Morgan fingerprint density at radius 2 is 1.83 bits per heavy atom. The second-order valence-corrected chi connectivity index (χ2v) is 6.65. The highest BCUT2D eigenvalue weighted by Gasteiger charge is 2.30. The maximum atomic E-state index is 6.35. The smallest absolute Gasteiger partial charge is 0.125 e. The van der Waals surface area contributed by atoms with Gasteiger partial charge in [-0.3, -0.25) is 4.90 Å². The average molecular weight is 311 g/mol. The summed E-state index contributed by atoms with van der Waals surface area (Å²) >= 11 is 0. The molecule has 1 fully saturated rings. The highest BCUT2D eigenvalue weighted by molar-refractivity contribution is 5.19. The summed E-state index contributed by atoms with van der Waals surface area (Å²) in [5, 5.41) is 0. The van der Waals surface area contributed by atoms with Crippen molar-refractivity contribution in [1.29, 1.82) is 0 Å². The van der Waals surface area contributed by atoms with Gasteiger partial charge in [-0.1, -0.05) is 44.2 Å². The van der Waals surface area contributed by atoms with E-state index in [1.165, 1.54) is 5.56 Å². The number of morpholine rings is 1. The van der Waals surface area contributed by atoms with Crippen LogP contribution in [0.2, 0.25) is 0 Å². The number of aromatic nitrogens is 2. The highest BCUT2D eigenvalue weighted by atomic mass is 16.5. The summed E-state index contributed by atoms with van der Waals surface area (Å²) < 4.78 is 6.35. The zero-order chi connectivity index (χ0) is 16.2. The van der Waals surface area contributed by atoms with Gasteiger partial charge in [-0.15, -0.1) is 0 Å². The van der Waals surface area contributed by atoms with Gasteiger partial charge in [0.25, 0.3) is 0 Å². The number of benzene rings is 1. The van der Waals surface area contributed by atoms with Gasteiger partial charge in [-0.25, -0.2) is 9.97 Å². The van der Waals surface area contributed by atoms with E-state index < -0.39 is 0 Å². The third-order valence-electron chi connectivity index (χ3n) is 4.36. The molecule has 0 spiro atoms. The molecule has 0 bridgehead atoms. The molecule has 0 aliphatic carbocycles. The Morgan fingerprint density at radius 1 is 1.13 bits per heavy atom. The second kappa shape index (κ2) is 7.20. The quantitative estimate of drug-likeness (QED) is 0.867. The molecule has 1 aliphatic heterocycles. The summed E-state index contributed by atoms with van der Waals surface area (Å²) in [6.45, 7) is 9.10. The lowest BCUT2D eigenvalue weighted by Crippen LogP contribution is -2.45. The van der Waals surface area contributed by atoms with Crippen LogP contribution in [0.1, 0.15) is 36.9 Å². The van der Waals surface area contributed by atoms with E-state index >= 15 is 0 Å². The van der Waals surface area contributed by atoms with Crippen LogP contribution in [0.3, 0.4) is 0 Å². The lowest BCUT2D eigenvalue weighted by Gasteiger charge is -2.40. The molecule has 0 N–H and O–H groups in total. The molecule has 1 saturated heterocycles. The fourth-order valence-corrected chi connectivity index (χ4v) is 2.97. The van der Waals surface area contributed by atoms with Gasteiger partial charge in [0.2, 0.25) is 0 Å². The predicted molar refractivity (Wildman–Crippen MR) is 90.9 cm³/mol. The van der Waals surface area contributed by atoms with Gasteiger partial charge in [0, 0.05) is 37.6 Å². The number of hydrogen-bond donors (Lipinski definition) is 0. The third-order valence-corrected chi connectivity index (χ3v) is 4.36. The van der Waals surface area contributed by atoms with E-state index in [9.17, 15) is 0 Å². The predicted octanol–water partition coefficient (Wildman–Crippen LogP) is 3.38. The molecule has 4 heteroatoms. The summed E-state index contributed by atoms with van der Waals surface area (Å²) in [7, 11) is 0. The first-order valence-corrected chi connectivity index (χ1v) is 8.32. The SMILES string of the molecule is Cc1ncc(CN2C[C@@H](c3ccccc3)O[C@@H](C(C)C)C2)cn1. The van der Waals surface area contributed by atoms with Gasteiger partial charge in [0.15, 0.2) is 0 Å². The van der Waals surface area contributed by atoms with Crippen molar-refractivity contribution in [3.05, 3.63) is 59.7 Å². The second-order valence-electron chi connectivity index (χ2n) is 6.65. The summed E-state index contributed by atoms with van der Waals surface area (Å²) in [4.78, 5) is 11.1. The molecule has 1 aromatic carbocycles. The number of ether oxygens (including phenoxy) is 1. The van der Waals surface area contributed by atoms with Crippen molar-refractivity contribution in [3.8, 4) is 0 Å². The number of nitrogens with zero attached hydrogens (tertiary/aromatic N) is 3. The van der Waals surface area contributed by atoms with Crippen LogP contribution in [0.5, 0.6) is 0 Å². The van der Waals surface area contributed by atoms with Gasteiger partial charge >= 0.3 is 0 Å². The zero-order valence-corrected chi connectivity index (χ0v) is 14.1. The Kier molecular flexibility index (Phi) is 5.03. The van der Waals surface area contributed by atoms with Gasteiger partial charge in [0.1, 0.15) is 5.82 Å². The third kappa shape index (κ3) is 4.15. The van der Waals surface area contributed by atoms with E-state index in [0.29, 0.717) is 5.92 Å². The highest BCUT2D eigenvalue weighted by Crippen LogP contribution is 2.28. The Morgan fingerprint density at radius 3 is 2.48 bits per heavy atom. The fraction of sp³-hybridized carbons (Fsp3) is 0.474. The van der Waals surface area contributed by atoms with Crippen molar-refractivity contribution in [2.24, 2.45) is 5.92 Å². The Bertz CT molecular complexity index is 612. The van der Waals surface area contributed by atoms with Crippen LogP contribution in [0.25, 0.3) is 0 Å². The largest absolute Gasteiger partial charge is 0.367 e. The lowest BCUT2D eigenvalue weighted by atomic mass is 10.0. The standard InChI is InChI=1S/C19H25N3O/c1-14(2)18-12-22(11-16-9-20-15(3)21-10-16)13-19(23-18)17-7-5-4-6-8-17/h4-10,14,18-19H,11-13H2,1-3H3/t18-,19+/m1/s1. The molecule has 0 amide bonds. The van der Waals surface area contributed by atoms with Crippen LogP contribution in [0.4, 0.5) is 0 Å². The summed E-state index contributed by atoms with van der Waals surface area (Å²) in [6, 6.07) is 10.5. The molecule has 2 heterocycles. The summed E-state index contributed by atoms with van der Waals surface area (Å²) in [5.74, 6) is 1.32. The Hall–Kier alpha value is -1.78. The van der Waals surface area contributed by atoms with E-state index in [4.69, 9.17) is 4.74 Å². The van der Waals surface area contributed by atoms with E-state index in [0.717, 1.165) is 31.0 Å². The lowest BCUT2D eigenvalue weighted by molar-refractivity contribution is -0.107. The fourth-order valence-electron chi connectivity index (χ4n) is 2.97. The summed E-state index contributed by atoms with van der Waals surface area (Å²) in [6.07, 6.45) is 4.24. The van der Waals surface area contributed by atoms with Crippen LogP contribution in [-0.4, -0.2) is 34.1 Å². The summed E-state index contributed by atoms with van der Waals surface area (Å²) in [5.41, 5.74) is 2.41. The minimum absolute atomic E-state index is 0.128. The molecule has 0 saturated carbocycles. The number of hydrogen-bond acceptors (Lipinski definition) is 4. The molecule has 2 atom stereocenters. The van der Waals surface area contributed by atoms with E-state index in [1.807, 2.05) is 25.4 Å². The first-order chi connectivity index (χ1) is 11.1. The molecule has 3 rings (SSSR count). The zero-order valence-electron chi connectivity index (χ0n) is 14.1. The van der Waals surface area contributed by atoms with Crippen LogP contribution in [0, 0.1) is 12.8 Å². The maximum absolute atomic E-state index is 6.35. The molecule has 122 valence electrons. The normalized spacial score (nSPS) is 22.4. The van der Waals surface area contributed by atoms with Gasteiger partial charge in [-0.05, 0) is 18.4 Å². The van der Waals surface area contributed by atoms with Crippen molar-refractivity contribution < 1.29 is 4.74 Å². The van der Waals surface area contributed by atoms with Crippen molar-refractivity contribution in [3.63, 3.8) is 0 Å².